The predicted octanol–water partition coefficient (Wildman–Crippen LogP) is 2.68. The van der Waals surface area contributed by atoms with Gasteiger partial charge in [-0.3, -0.25) is 9.69 Å². The maximum atomic E-state index is 11.1. The fraction of sp³-hybridized carbons (Fsp3) is 0.533. The minimum absolute atomic E-state index is 0.203. The highest BCUT2D eigenvalue weighted by molar-refractivity contribution is 5.70. The van der Waals surface area contributed by atoms with Gasteiger partial charge in [-0.05, 0) is 32.3 Å². The van der Waals surface area contributed by atoms with Crippen molar-refractivity contribution in [2.45, 2.75) is 39.3 Å². The van der Waals surface area contributed by atoms with Crippen LogP contribution >= 0.6 is 0 Å². The topological polar surface area (TPSA) is 40.5 Å². The second-order valence-corrected chi connectivity index (χ2v) is 5.38. The molecule has 1 aliphatic heterocycles. The van der Waals surface area contributed by atoms with Crippen LogP contribution in [-0.4, -0.2) is 28.6 Å². The first-order chi connectivity index (χ1) is 8.56. The summed E-state index contributed by atoms with van der Waals surface area (Å²) in [6, 6.07) is 8.92. The molecule has 1 aromatic carbocycles. The van der Waals surface area contributed by atoms with Gasteiger partial charge in [0.1, 0.15) is 0 Å². The quantitative estimate of drug-likeness (QED) is 0.892. The van der Waals surface area contributed by atoms with Gasteiger partial charge >= 0.3 is 5.97 Å². The zero-order chi connectivity index (χ0) is 13.1. The summed E-state index contributed by atoms with van der Waals surface area (Å²) in [6.07, 6.45) is 1.78. The van der Waals surface area contributed by atoms with Crippen molar-refractivity contribution in [2.75, 3.05) is 6.54 Å². The van der Waals surface area contributed by atoms with Crippen molar-refractivity contribution in [3.63, 3.8) is 0 Å². The number of carboxylic acids is 1. The summed E-state index contributed by atoms with van der Waals surface area (Å²) in [6.45, 7) is 5.80. The number of nitrogens with zero attached hydrogens (tertiary/aromatic N) is 1. The highest BCUT2D eigenvalue weighted by atomic mass is 16.4. The lowest BCUT2D eigenvalue weighted by atomic mass is 9.93. The Morgan fingerprint density at radius 3 is 2.89 bits per heavy atom. The van der Waals surface area contributed by atoms with E-state index < -0.39 is 5.97 Å². The van der Waals surface area contributed by atoms with Crippen molar-refractivity contribution in [1.82, 2.24) is 4.90 Å². The van der Waals surface area contributed by atoms with E-state index in [0.29, 0.717) is 12.6 Å². The Labute approximate surface area is 108 Å². The number of benzene rings is 1. The van der Waals surface area contributed by atoms with E-state index in [1.807, 2.05) is 0 Å². The van der Waals surface area contributed by atoms with Gasteiger partial charge in [0, 0.05) is 19.1 Å². The normalized spacial score (nSPS) is 25.0. The number of carboxylic acid groups (broad SMARTS) is 1. The van der Waals surface area contributed by atoms with Crippen molar-refractivity contribution in [1.29, 1.82) is 0 Å². The van der Waals surface area contributed by atoms with Gasteiger partial charge in [0.05, 0.1) is 5.92 Å². The molecule has 0 bridgehead atoms. The summed E-state index contributed by atoms with van der Waals surface area (Å²) in [5, 5.41) is 9.13. The van der Waals surface area contributed by atoms with Gasteiger partial charge in [0.2, 0.25) is 0 Å². The fourth-order valence-corrected chi connectivity index (χ4v) is 2.65. The third-order valence-corrected chi connectivity index (χ3v) is 3.83. The van der Waals surface area contributed by atoms with Crippen molar-refractivity contribution in [3.05, 3.63) is 35.4 Å². The lowest BCUT2D eigenvalue weighted by molar-refractivity contribution is -0.144. The SMILES string of the molecule is Cc1cccc(CN2CC(C(=O)O)CCC2C)c1. The summed E-state index contributed by atoms with van der Waals surface area (Å²) in [4.78, 5) is 13.4. The highest BCUT2D eigenvalue weighted by Crippen LogP contribution is 2.24. The van der Waals surface area contributed by atoms with Gasteiger partial charge in [-0.1, -0.05) is 29.8 Å². The molecule has 1 saturated heterocycles. The number of likely N-dealkylation sites (tertiary alicyclic amines) is 1. The third-order valence-electron chi connectivity index (χ3n) is 3.83. The molecule has 2 atom stereocenters. The highest BCUT2D eigenvalue weighted by Gasteiger charge is 2.29. The lowest BCUT2D eigenvalue weighted by Gasteiger charge is -2.36. The van der Waals surface area contributed by atoms with E-state index in [-0.39, 0.29) is 5.92 Å². The maximum Gasteiger partial charge on any atom is 0.307 e. The molecular weight excluding hydrogens is 226 g/mol. The van der Waals surface area contributed by atoms with E-state index in [4.69, 9.17) is 5.11 Å². The van der Waals surface area contributed by atoms with Crippen LogP contribution in [-0.2, 0) is 11.3 Å². The molecule has 1 aromatic rings. The van der Waals surface area contributed by atoms with Crippen molar-refractivity contribution in [2.24, 2.45) is 5.92 Å². The summed E-state index contributed by atoms with van der Waals surface area (Å²) >= 11 is 0. The molecule has 0 amide bonds. The molecule has 1 heterocycles. The van der Waals surface area contributed by atoms with Crippen LogP contribution in [0.2, 0.25) is 0 Å². The minimum atomic E-state index is -0.656. The molecule has 1 aliphatic rings. The Morgan fingerprint density at radius 2 is 2.22 bits per heavy atom. The summed E-state index contributed by atoms with van der Waals surface area (Å²) < 4.78 is 0. The standard InChI is InChI=1S/C15H21NO2/c1-11-4-3-5-13(8-11)9-16-10-14(15(17)18)7-6-12(16)2/h3-5,8,12,14H,6-7,9-10H2,1-2H3,(H,17,18). The van der Waals surface area contributed by atoms with Gasteiger partial charge in [-0.25, -0.2) is 0 Å². The lowest BCUT2D eigenvalue weighted by Crippen LogP contribution is -2.43. The zero-order valence-electron chi connectivity index (χ0n) is 11.1. The number of hydrogen-bond acceptors (Lipinski definition) is 2. The number of piperidine rings is 1. The molecule has 0 aliphatic carbocycles. The second kappa shape index (κ2) is 5.53. The molecule has 2 unspecified atom stereocenters. The molecule has 2 rings (SSSR count). The van der Waals surface area contributed by atoms with Gasteiger partial charge in [-0.2, -0.15) is 0 Å². The Hall–Kier alpha value is -1.35. The second-order valence-electron chi connectivity index (χ2n) is 5.38. The van der Waals surface area contributed by atoms with Gasteiger partial charge < -0.3 is 5.11 Å². The summed E-state index contributed by atoms with van der Waals surface area (Å²) in [5.74, 6) is -0.859. The Kier molecular flexibility index (Phi) is 4.02. The van der Waals surface area contributed by atoms with Crippen LogP contribution in [0, 0.1) is 12.8 Å². The monoisotopic (exact) mass is 247 g/mol. The van der Waals surface area contributed by atoms with E-state index in [1.54, 1.807) is 0 Å². The summed E-state index contributed by atoms with van der Waals surface area (Å²) in [7, 11) is 0. The molecule has 0 aromatic heterocycles. The van der Waals surface area contributed by atoms with Crippen LogP contribution in [0.3, 0.4) is 0 Å². The average molecular weight is 247 g/mol. The fourth-order valence-electron chi connectivity index (χ4n) is 2.65. The van der Waals surface area contributed by atoms with Crippen molar-refractivity contribution in [3.8, 4) is 0 Å². The predicted molar refractivity (Wildman–Crippen MR) is 71.4 cm³/mol. The third kappa shape index (κ3) is 3.10. The van der Waals surface area contributed by atoms with Crippen LogP contribution in [0.4, 0.5) is 0 Å². The van der Waals surface area contributed by atoms with E-state index >= 15 is 0 Å². The molecule has 0 radical (unpaired) electrons. The van der Waals surface area contributed by atoms with E-state index in [2.05, 4.69) is 43.0 Å². The maximum absolute atomic E-state index is 11.1. The van der Waals surface area contributed by atoms with Crippen LogP contribution in [0.1, 0.15) is 30.9 Å². The van der Waals surface area contributed by atoms with E-state index in [0.717, 1.165) is 19.4 Å². The van der Waals surface area contributed by atoms with E-state index in [1.165, 1.54) is 11.1 Å². The van der Waals surface area contributed by atoms with Crippen molar-refractivity contribution < 1.29 is 9.90 Å². The average Bonchev–Trinajstić information content (AvgIpc) is 2.31. The molecule has 98 valence electrons. The molecule has 3 nitrogen and oxygen atoms in total. The Bertz CT molecular complexity index is 430. The molecule has 0 spiro atoms. The number of aryl methyl sites for hydroxylation is 1. The van der Waals surface area contributed by atoms with Crippen LogP contribution < -0.4 is 0 Å². The summed E-state index contributed by atoms with van der Waals surface area (Å²) in [5.41, 5.74) is 2.53. The first-order valence-corrected chi connectivity index (χ1v) is 6.58. The van der Waals surface area contributed by atoms with Crippen LogP contribution in [0.15, 0.2) is 24.3 Å². The number of hydrogen-bond donors (Lipinski definition) is 1. The molecule has 1 fully saturated rings. The van der Waals surface area contributed by atoms with Gasteiger partial charge in [-0.15, -0.1) is 0 Å². The van der Waals surface area contributed by atoms with Crippen LogP contribution in [0.5, 0.6) is 0 Å². The van der Waals surface area contributed by atoms with Gasteiger partial charge in [0.25, 0.3) is 0 Å². The first kappa shape index (κ1) is 13.1. The van der Waals surface area contributed by atoms with Gasteiger partial charge in [0.15, 0.2) is 0 Å². The molecule has 18 heavy (non-hydrogen) atoms. The largest absolute Gasteiger partial charge is 0.481 e. The smallest absolute Gasteiger partial charge is 0.307 e. The zero-order valence-corrected chi connectivity index (χ0v) is 11.1. The molecule has 1 N–H and O–H groups in total. The Morgan fingerprint density at radius 1 is 1.44 bits per heavy atom. The van der Waals surface area contributed by atoms with Crippen LogP contribution in [0.25, 0.3) is 0 Å². The minimum Gasteiger partial charge on any atom is -0.481 e. The molecular formula is C15H21NO2. The first-order valence-electron chi connectivity index (χ1n) is 6.58. The Balaban J connectivity index is 2.04. The van der Waals surface area contributed by atoms with E-state index in [9.17, 15) is 4.79 Å². The molecule has 0 saturated carbocycles. The number of rotatable bonds is 3. The number of aliphatic carboxylic acids is 1. The van der Waals surface area contributed by atoms with Crippen molar-refractivity contribution >= 4 is 5.97 Å². The number of carbonyl (C=O) groups is 1. The molecule has 3 heteroatoms.